The van der Waals surface area contributed by atoms with E-state index in [-0.39, 0.29) is 0 Å². The number of para-hydroxylation sites is 5. The molecule has 7 aromatic carbocycles. The number of rotatable bonds is 1. The Hall–Kier alpha value is -6.72. The Kier molecular flexibility index (Phi) is 4.66. The number of benzene rings is 7. The standard InChI is InChI=1S/C44H24N4O/c1-2-13-29-26(10-1)30-14-9-15-31-32-22-25(20-21-38(32)48(43(30)31)44-42(29)45-35-16-5-6-17-36(35)46-44)47-37-18-7-3-11-27(37)33-23-34-28-12-4-8-19-40(28)49-41(34)24-39(33)47/h1-24H. The largest absolute Gasteiger partial charge is 0.456 e. The summed E-state index contributed by atoms with van der Waals surface area (Å²) in [6.07, 6.45) is 0. The molecular formula is C44H24N4O. The van der Waals surface area contributed by atoms with Gasteiger partial charge in [0.2, 0.25) is 0 Å². The molecule has 0 amide bonds. The van der Waals surface area contributed by atoms with Crippen LogP contribution in [0.5, 0.6) is 0 Å². The van der Waals surface area contributed by atoms with Gasteiger partial charge < -0.3 is 8.98 Å². The fraction of sp³-hybridized carbons (Fsp3) is 0. The van der Waals surface area contributed by atoms with Gasteiger partial charge in [-0.3, -0.25) is 4.57 Å². The van der Waals surface area contributed by atoms with Crippen LogP contribution in [0.15, 0.2) is 150 Å². The van der Waals surface area contributed by atoms with Gasteiger partial charge >= 0.3 is 0 Å². The van der Waals surface area contributed by atoms with Crippen molar-refractivity contribution >= 4 is 76.6 Å². The second-order valence-electron chi connectivity index (χ2n) is 13.0. The van der Waals surface area contributed by atoms with Gasteiger partial charge in [-0.05, 0) is 54.1 Å². The Balaban J connectivity index is 1.20. The van der Waals surface area contributed by atoms with Crippen molar-refractivity contribution in [2.45, 2.75) is 0 Å². The minimum atomic E-state index is 0.855. The molecule has 0 unspecified atom stereocenters. The van der Waals surface area contributed by atoms with Crippen molar-refractivity contribution in [2.24, 2.45) is 0 Å². The number of hydrogen-bond acceptors (Lipinski definition) is 3. The number of nitrogens with zero attached hydrogens (tertiary/aromatic N) is 4. The summed E-state index contributed by atoms with van der Waals surface area (Å²) in [6.45, 7) is 0. The van der Waals surface area contributed by atoms with Crippen LogP contribution >= 0.6 is 0 Å². The van der Waals surface area contributed by atoms with E-state index in [0.717, 1.165) is 83.4 Å². The van der Waals surface area contributed by atoms with E-state index in [9.17, 15) is 0 Å². The first kappa shape index (κ1) is 25.4. The summed E-state index contributed by atoms with van der Waals surface area (Å²) in [7, 11) is 0. The van der Waals surface area contributed by atoms with E-state index >= 15 is 0 Å². The summed E-state index contributed by atoms with van der Waals surface area (Å²) < 4.78 is 11.1. The maximum Gasteiger partial charge on any atom is 0.165 e. The van der Waals surface area contributed by atoms with Crippen LogP contribution in [0.2, 0.25) is 0 Å². The van der Waals surface area contributed by atoms with E-state index in [1.165, 1.54) is 27.1 Å². The van der Waals surface area contributed by atoms with Crippen molar-refractivity contribution in [3.63, 3.8) is 0 Å². The summed E-state index contributed by atoms with van der Waals surface area (Å²) in [5, 5.41) is 7.07. The predicted molar refractivity (Wildman–Crippen MR) is 200 cm³/mol. The van der Waals surface area contributed by atoms with Gasteiger partial charge in [-0.1, -0.05) is 91.0 Å². The minimum Gasteiger partial charge on any atom is -0.456 e. The molecule has 0 bridgehead atoms. The average molecular weight is 625 g/mol. The zero-order valence-electron chi connectivity index (χ0n) is 26.1. The first-order valence-corrected chi connectivity index (χ1v) is 16.6. The molecule has 11 aromatic rings. The molecule has 1 aliphatic heterocycles. The summed E-state index contributed by atoms with van der Waals surface area (Å²) in [5.74, 6) is 0.855. The normalized spacial score (nSPS) is 12.5. The highest BCUT2D eigenvalue weighted by Gasteiger charge is 2.27. The van der Waals surface area contributed by atoms with Gasteiger partial charge in [0.15, 0.2) is 5.82 Å². The summed E-state index contributed by atoms with van der Waals surface area (Å²) >= 11 is 0. The molecule has 0 radical (unpaired) electrons. The van der Waals surface area contributed by atoms with Crippen molar-refractivity contribution in [1.82, 2.24) is 19.1 Å². The molecule has 12 rings (SSSR count). The van der Waals surface area contributed by atoms with Gasteiger partial charge in [0.1, 0.15) is 16.9 Å². The number of fused-ring (bicyclic) bond motifs is 15. The molecule has 0 saturated carbocycles. The van der Waals surface area contributed by atoms with Crippen molar-refractivity contribution < 1.29 is 4.42 Å². The highest BCUT2D eigenvalue weighted by molar-refractivity contribution is 6.19. The molecule has 1 aliphatic rings. The Morgan fingerprint density at radius 2 is 1.10 bits per heavy atom. The van der Waals surface area contributed by atoms with Crippen LogP contribution in [0.1, 0.15) is 0 Å². The van der Waals surface area contributed by atoms with Crippen molar-refractivity contribution in [3.05, 3.63) is 146 Å². The van der Waals surface area contributed by atoms with Crippen LogP contribution in [-0.4, -0.2) is 19.1 Å². The molecule has 49 heavy (non-hydrogen) atoms. The van der Waals surface area contributed by atoms with Crippen LogP contribution in [0.3, 0.4) is 0 Å². The Bertz CT molecular complexity index is 3230. The van der Waals surface area contributed by atoms with E-state index in [0.29, 0.717) is 0 Å². The van der Waals surface area contributed by atoms with Gasteiger partial charge in [0, 0.05) is 55.2 Å². The molecule has 226 valence electrons. The topological polar surface area (TPSA) is 48.8 Å². The maximum absolute atomic E-state index is 6.39. The SMILES string of the molecule is c1ccc2c(c1)-c1nc3ccccc3nc1-n1c3ccc(-n4c5ccccc5c5cc6c(cc54)oc4ccccc46)cc3c3cccc-2c31. The minimum absolute atomic E-state index is 0.855. The third-order valence-corrected chi connectivity index (χ3v) is 10.4. The molecule has 5 heterocycles. The third kappa shape index (κ3) is 3.24. The van der Waals surface area contributed by atoms with E-state index in [4.69, 9.17) is 14.4 Å². The molecule has 0 N–H and O–H groups in total. The zero-order chi connectivity index (χ0) is 31.8. The smallest absolute Gasteiger partial charge is 0.165 e. The predicted octanol–water partition coefficient (Wildman–Crippen LogP) is 11.4. The van der Waals surface area contributed by atoms with Crippen LogP contribution in [-0.2, 0) is 0 Å². The molecule has 0 atom stereocenters. The molecule has 0 aliphatic carbocycles. The lowest BCUT2D eigenvalue weighted by atomic mass is 9.96. The van der Waals surface area contributed by atoms with E-state index in [2.05, 4.69) is 118 Å². The fourth-order valence-electron chi connectivity index (χ4n) is 8.35. The van der Waals surface area contributed by atoms with E-state index in [1.54, 1.807) is 0 Å². The van der Waals surface area contributed by atoms with Crippen molar-refractivity contribution in [1.29, 1.82) is 0 Å². The van der Waals surface area contributed by atoms with Gasteiger partial charge in [-0.2, -0.15) is 0 Å². The van der Waals surface area contributed by atoms with Crippen LogP contribution < -0.4 is 0 Å². The van der Waals surface area contributed by atoms with Crippen molar-refractivity contribution in [3.8, 4) is 33.9 Å². The molecule has 0 saturated heterocycles. The molecule has 4 aromatic heterocycles. The number of furan rings is 1. The lowest BCUT2D eigenvalue weighted by molar-refractivity contribution is 0.669. The fourth-order valence-corrected chi connectivity index (χ4v) is 8.35. The lowest BCUT2D eigenvalue weighted by Gasteiger charge is -2.13. The molecule has 0 spiro atoms. The molecular weight excluding hydrogens is 601 g/mol. The van der Waals surface area contributed by atoms with Crippen LogP contribution in [0, 0.1) is 0 Å². The quantitative estimate of drug-likeness (QED) is 0.183. The third-order valence-electron chi connectivity index (χ3n) is 10.4. The Morgan fingerprint density at radius 1 is 0.408 bits per heavy atom. The summed E-state index contributed by atoms with van der Waals surface area (Å²) in [5.41, 5.74) is 13.5. The number of hydrogen-bond donors (Lipinski definition) is 0. The van der Waals surface area contributed by atoms with Crippen LogP contribution in [0.25, 0.3) is 110 Å². The first-order chi connectivity index (χ1) is 24.3. The highest BCUT2D eigenvalue weighted by Crippen LogP contribution is 2.46. The monoisotopic (exact) mass is 624 g/mol. The van der Waals surface area contributed by atoms with E-state index in [1.807, 2.05) is 36.4 Å². The Labute approximate surface area is 278 Å². The Morgan fingerprint density at radius 3 is 2.02 bits per heavy atom. The zero-order valence-corrected chi connectivity index (χ0v) is 26.1. The van der Waals surface area contributed by atoms with Crippen molar-refractivity contribution in [2.75, 3.05) is 0 Å². The molecule has 5 nitrogen and oxygen atoms in total. The summed E-state index contributed by atoms with van der Waals surface area (Å²) in [4.78, 5) is 10.6. The van der Waals surface area contributed by atoms with Gasteiger partial charge in [-0.25, -0.2) is 9.97 Å². The number of aromatic nitrogens is 4. The maximum atomic E-state index is 6.39. The summed E-state index contributed by atoms with van der Waals surface area (Å²) in [6, 6.07) is 51.7. The molecule has 5 heteroatoms. The average Bonchev–Trinajstić information content (AvgIpc) is 3.77. The van der Waals surface area contributed by atoms with E-state index < -0.39 is 0 Å². The van der Waals surface area contributed by atoms with Gasteiger partial charge in [0.25, 0.3) is 0 Å². The highest BCUT2D eigenvalue weighted by atomic mass is 16.3. The van der Waals surface area contributed by atoms with Crippen LogP contribution in [0.4, 0.5) is 0 Å². The first-order valence-electron chi connectivity index (χ1n) is 16.6. The van der Waals surface area contributed by atoms with Gasteiger partial charge in [-0.15, -0.1) is 0 Å². The second-order valence-corrected chi connectivity index (χ2v) is 13.0. The molecule has 0 fully saturated rings. The van der Waals surface area contributed by atoms with Gasteiger partial charge in [0.05, 0.1) is 33.1 Å². The second kappa shape index (κ2) is 9.00. The lowest BCUT2D eigenvalue weighted by Crippen LogP contribution is -2.02.